The van der Waals surface area contributed by atoms with Gasteiger partial charge in [0.25, 0.3) is 0 Å². The van der Waals surface area contributed by atoms with Gasteiger partial charge in [-0.25, -0.2) is 4.39 Å². The lowest BCUT2D eigenvalue weighted by Crippen LogP contribution is -2.19. The van der Waals surface area contributed by atoms with Gasteiger partial charge in [-0.3, -0.25) is 0 Å². The fraction of sp³-hybridized carbons (Fsp3) is 0.400. The predicted octanol–water partition coefficient (Wildman–Crippen LogP) is 4.15. The zero-order chi connectivity index (χ0) is 10.1. The first-order chi connectivity index (χ1) is 5.97. The fourth-order valence-electron chi connectivity index (χ4n) is 1.09. The van der Waals surface area contributed by atoms with Gasteiger partial charge in [0.1, 0.15) is 5.82 Å². The molecule has 0 radical (unpaired) electrons. The molecule has 0 aliphatic carbocycles. The highest BCUT2D eigenvalue weighted by atomic mass is 79.9. The number of benzene rings is 1. The molecule has 0 aliphatic heterocycles. The van der Waals surface area contributed by atoms with Gasteiger partial charge in [-0.2, -0.15) is 0 Å². The summed E-state index contributed by atoms with van der Waals surface area (Å²) in [6, 6.07) is 4.45. The molecule has 1 rings (SSSR count). The summed E-state index contributed by atoms with van der Waals surface area (Å²) in [4.78, 5) is 0. The van der Waals surface area contributed by atoms with Gasteiger partial charge >= 0.3 is 0 Å². The van der Waals surface area contributed by atoms with Crippen molar-refractivity contribution in [1.29, 1.82) is 0 Å². The van der Waals surface area contributed by atoms with Gasteiger partial charge in [0.15, 0.2) is 0 Å². The third-order valence-electron chi connectivity index (χ3n) is 1.99. The smallest absolute Gasteiger partial charge is 0.123 e. The van der Waals surface area contributed by atoms with Crippen LogP contribution in [0.25, 0.3) is 0 Å². The van der Waals surface area contributed by atoms with E-state index in [0.717, 1.165) is 10.9 Å². The molecule has 0 N–H and O–H groups in total. The Morgan fingerprint density at radius 1 is 1.46 bits per heavy atom. The summed E-state index contributed by atoms with van der Waals surface area (Å²) in [5.41, 5.74) is 0.699. The molecule has 0 heterocycles. The van der Waals surface area contributed by atoms with E-state index >= 15 is 0 Å². The molecule has 0 aromatic heterocycles. The monoisotopic (exact) mass is 264 g/mol. The van der Waals surface area contributed by atoms with Crippen molar-refractivity contribution in [2.45, 2.75) is 19.3 Å². The normalized spacial score (nSPS) is 11.8. The standard InChI is InChI=1S/C10H11BrClF/c1-10(2,6-11)8-5-7(13)3-4-9(8)12/h3-5H,6H2,1-2H3. The summed E-state index contributed by atoms with van der Waals surface area (Å²) < 4.78 is 12.9. The molecule has 0 spiro atoms. The molecular formula is C10H11BrClF. The summed E-state index contributed by atoms with van der Waals surface area (Å²) in [6.45, 7) is 4.03. The zero-order valence-electron chi connectivity index (χ0n) is 7.57. The lowest BCUT2D eigenvalue weighted by Gasteiger charge is -2.23. The molecule has 1 aromatic carbocycles. The number of halogens is 3. The van der Waals surface area contributed by atoms with E-state index in [1.165, 1.54) is 12.1 Å². The maximum Gasteiger partial charge on any atom is 0.123 e. The van der Waals surface area contributed by atoms with E-state index in [9.17, 15) is 4.39 Å². The summed E-state index contributed by atoms with van der Waals surface area (Å²) in [5.74, 6) is -0.242. The van der Waals surface area contributed by atoms with E-state index in [1.54, 1.807) is 6.07 Å². The molecule has 0 bridgehead atoms. The molecule has 72 valence electrons. The minimum atomic E-state index is -0.242. The Morgan fingerprint density at radius 3 is 2.62 bits per heavy atom. The van der Waals surface area contributed by atoms with Crippen LogP contribution in [0, 0.1) is 5.82 Å². The minimum absolute atomic E-state index is 0.140. The zero-order valence-corrected chi connectivity index (χ0v) is 9.91. The fourth-order valence-corrected chi connectivity index (χ4v) is 1.76. The van der Waals surface area contributed by atoms with Crippen LogP contribution in [0.4, 0.5) is 4.39 Å². The average molecular weight is 266 g/mol. The Bertz CT molecular complexity index is 310. The van der Waals surface area contributed by atoms with Gasteiger partial charge in [-0.05, 0) is 23.8 Å². The van der Waals surface area contributed by atoms with Crippen molar-refractivity contribution in [3.05, 3.63) is 34.6 Å². The topological polar surface area (TPSA) is 0 Å². The minimum Gasteiger partial charge on any atom is -0.207 e. The van der Waals surface area contributed by atoms with E-state index < -0.39 is 0 Å². The Balaban J connectivity index is 3.20. The first-order valence-electron chi connectivity index (χ1n) is 3.99. The Kier molecular flexibility index (Phi) is 3.36. The van der Waals surface area contributed by atoms with Crippen molar-refractivity contribution >= 4 is 27.5 Å². The number of hydrogen-bond donors (Lipinski definition) is 0. The van der Waals surface area contributed by atoms with Gasteiger partial charge in [0.05, 0.1) is 0 Å². The second-order valence-electron chi connectivity index (χ2n) is 3.64. The third kappa shape index (κ3) is 2.44. The molecule has 0 saturated carbocycles. The molecule has 13 heavy (non-hydrogen) atoms. The Labute approximate surface area is 91.2 Å². The van der Waals surface area contributed by atoms with Crippen molar-refractivity contribution < 1.29 is 4.39 Å². The van der Waals surface area contributed by atoms with Gasteiger partial charge in [-0.1, -0.05) is 41.4 Å². The first kappa shape index (κ1) is 11.0. The molecule has 0 nitrogen and oxygen atoms in total. The van der Waals surface area contributed by atoms with Crippen molar-refractivity contribution in [3.8, 4) is 0 Å². The van der Waals surface area contributed by atoms with Crippen LogP contribution in [0.5, 0.6) is 0 Å². The van der Waals surface area contributed by atoms with Gasteiger partial charge in [-0.15, -0.1) is 0 Å². The summed E-state index contributed by atoms with van der Waals surface area (Å²) >= 11 is 9.36. The molecule has 0 saturated heterocycles. The highest BCUT2D eigenvalue weighted by molar-refractivity contribution is 9.09. The van der Waals surface area contributed by atoms with Crippen LogP contribution in [0.3, 0.4) is 0 Å². The van der Waals surface area contributed by atoms with Gasteiger partial charge < -0.3 is 0 Å². The largest absolute Gasteiger partial charge is 0.207 e. The van der Waals surface area contributed by atoms with Gasteiger partial charge in [0, 0.05) is 15.8 Å². The van der Waals surface area contributed by atoms with Crippen LogP contribution < -0.4 is 0 Å². The molecule has 3 heteroatoms. The molecule has 0 aliphatic rings. The highest BCUT2D eigenvalue weighted by Gasteiger charge is 2.22. The van der Waals surface area contributed by atoms with E-state index in [0.29, 0.717) is 5.02 Å². The third-order valence-corrected chi connectivity index (χ3v) is 3.72. The molecule has 0 atom stereocenters. The lowest BCUT2D eigenvalue weighted by molar-refractivity contribution is 0.583. The molecule has 0 amide bonds. The van der Waals surface area contributed by atoms with Crippen LogP contribution in [0.2, 0.25) is 5.02 Å². The Hall–Kier alpha value is -0.0800. The molecule has 0 unspecified atom stereocenters. The van der Waals surface area contributed by atoms with Crippen molar-refractivity contribution in [3.63, 3.8) is 0 Å². The summed E-state index contributed by atoms with van der Waals surface area (Å²) in [5, 5.41) is 1.37. The lowest BCUT2D eigenvalue weighted by atomic mass is 9.87. The highest BCUT2D eigenvalue weighted by Crippen LogP contribution is 2.31. The van der Waals surface area contributed by atoms with E-state index in [4.69, 9.17) is 11.6 Å². The average Bonchev–Trinajstić information content (AvgIpc) is 2.09. The summed E-state index contributed by atoms with van der Waals surface area (Å²) in [7, 11) is 0. The maximum atomic E-state index is 12.9. The van der Waals surface area contributed by atoms with E-state index in [2.05, 4.69) is 15.9 Å². The summed E-state index contributed by atoms with van der Waals surface area (Å²) in [6.07, 6.45) is 0. The van der Waals surface area contributed by atoms with Crippen molar-refractivity contribution in [2.24, 2.45) is 0 Å². The second kappa shape index (κ2) is 3.97. The van der Waals surface area contributed by atoms with Crippen molar-refractivity contribution in [2.75, 3.05) is 5.33 Å². The van der Waals surface area contributed by atoms with Crippen LogP contribution in [-0.2, 0) is 5.41 Å². The molecule has 1 aromatic rings. The molecular weight excluding hydrogens is 254 g/mol. The SMILES string of the molecule is CC(C)(CBr)c1cc(F)ccc1Cl. The van der Waals surface area contributed by atoms with Gasteiger partial charge in [0.2, 0.25) is 0 Å². The van der Waals surface area contributed by atoms with E-state index in [1.807, 2.05) is 13.8 Å². The molecule has 0 fully saturated rings. The van der Waals surface area contributed by atoms with Crippen LogP contribution in [0.15, 0.2) is 18.2 Å². The number of rotatable bonds is 2. The van der Waals surface area contributed by atoms with Crippen molar-refractivity contribution in [1.82, 2.24) is 0 Å². The quantitative estimate of drug-likeness (QED) is 0.705. The Morgan fingerprint density at radius 2 is 2.08 bits per heavy atom. The predicted molar refractivity (Wildman–Crippen MR) is 58.2 cm³/mol. The number of hydrogen-bond acceptors (Lipinski definition) is 0. The van der Waals surface area contributed by atoms with Crippen LogP contribution >= 0.6 is 27.5 Å². The van der Waals surface area contributed by atoms with E-state index in [-0.39, 0.29) is 11.2 Å². The van der Waals surface area contributed by atoms with Crippen LogP contribution in [-0.4, -0.2) is 5.33 Å². The van der Waals surface area contributed by atoms with Crippen LogP contribution in [0.1, 0.15) is 19.4 Å². The number of alkyl halides is 1. The second-order valence-corrected chi connectivity index (χ2v) is 4.61. The maximum absolute atomic E-state index is 12.9. The first-order valence-corrected chi connectivity index (χ1v) is 5.49.